The van der Waals surface area contributed by atoms with E-state index in [-0.39, 0.29) is 18.1 Å². The third kappa shape index (κ3) is 4.15. The van der Waals surface area contributed by atoms with E-state index in [1.807, 2.05) is 20.8 Å². The summed E-state index contributed by atoms with van der Waals surface area (Å²) in [5, 5.41) is 2.36. The van der Waals surface area contributed by atoms with Crippen LogP contribution < -0.4 is 5.32 Å². The lowest BCUT2D eigenvalue weighted by Crippen LogP contribution is -2.36. The molecule has 1 heterocycles. The molecule has 1 aromatic rings. The Morgan fingerprint density at radius 3 is 2.42 bits per heavy atom. The number of alkyl halides is 3. The minimum absolute atomic E-state index is 0.186. The van der Waals surface area contributed by atoms with E-state index in [1.54, 1.807) is 7.11 Å². The predicted octanol–water partition coefficient (Wildman–Crippen LogP) is 3.48. The average Bonchev–Trinajstić information content (AvgIpc) is 2.77. The Balaban J connectivity index is 3.02. The van der Waals surface area contributed by atoms with Crippen LogP contribution in [0, 0.1) is 5.92 Å². The molecule has 0 fully saturated rings. The van der Waals surface area contributed by atoms with Gasteiger partial charge in [-0.15, -0.1) is 11.3 Å². The first-order valence-electron chi connectivity index (χ1n) is 6.10. The summed E-state index contributed by atoms with van der Waals surface area (Å²) >= 11 is 0.670. The molecule has 1 N–H and O–H groups in total. The summed E-state index contributed by atoms with van der Waals surface area (Å²) in [4.78, 5) is 4.02. The maximum Gasteiger partial charge on any atom is 0.443 e. The van der Waals surface area contributed by atoms with Gasteiger partial charge in [-0.3, -0.25) is 0 Å². The third-order valence-electron chi connectivity index (χ3n) is 2.75. The Morgan fingerprint density at radius 1 is 1.42 bits per heavy atom. The molecule has 0 aliphatic heterocycles. The molecule has 0 saturated heterocycles. The van der Waals surface area contributed by atoms with Crippen LogP contribution in [0.4, 0.5) is 13.2 Å². The second kappa shape index (κ2) is 6.67. The number of hydrogen-bond donors (Lipinski definition) is 1. The zero-order chi connectivity index (χ0) is 14.6. The molecule has 0 saturated carbocycles. The molecule has 0 radical (unpaired) electrons. The number of aromatic nitrogens is 1. The summed E-state index contributed by atoms with van der Waals surface area (Å²) in [6.45, 7) is 6.51. The van der Waals surface area contributed by atoms with Crippen LogP contribution in [0.15, 0.2) is 6.20 Å². The van der Waals surface area contributed by atoms with Crippen molar-refractivity contribution >= 4 is 11.3 Å². The molecule has 0 spiro atoms. The molecule has 0 aliphatic rings. The van der Waals surface area contributed by atoms with Crippen molar-refractivity contribution in [3.63, 3.8) is 0 Å². The fourth-order valence-electron chi connectivity index (χ4n) is 1.95. The molecule has 1 rings (SSSR count). The fourth-order valence-corrected chi connectivity index (χ4v) is 2.85. The van der Waals surface area contributed by atoms with Gasteiger partial charge in [-0.05, 0) is 12.5 Å². The summed E-state index contributed by atoms with van der Waals surface area (Å²) in [7, 11) is 1.57. The van der Waals surface area contributed by atoms with Gasteiger partial charge in [0.2, 0.25) is 0 Å². The lowest BCUT2D eigenvalue weighted by molar-refractivity contribution is -0.137. The largest absolute Gasteiger partial charge is 0.443 e. The van der Waals surface area contributed by atoms with Gasteiger partial charge in [-0.2, -0.15) is 13.2 Å². The van der Waals surface area contributed by atoms with Gasteiger partial charge < -0.3 is 10.1 Å². The normalized spacial score (nSPS) is 15.8. The molecule has 2 atom stereocenters. The number of nitrogens with zero attached hydrogens (tertiary/aromatic N) is 1. The topological polar surface area (TPSA) is 34.2 Å². The highest BCUT2D eigenvalue weighted by molar-refractivity contribution is 7.11. The Hall–Kier alpha value is -0.660. The van der Waals surface area contributed by atoms with Crippen molar-refractivity contribution in [1.29, 1.82) is 0 Å². The highest BCUT2D eigenvalue weighted by Crippen LogP contribution is 2.36. The molecule has 1 aromatic heterocycles. The second-order valence-electron chi connectivity index (χ2n) is 4.55. The van der Waals surface area contributed by atoms with Crippen LogP contribution in [0.5, 0.6) is 0 Å². The van der Waals surface area contributed by atoms with Crippen molar-refractivity contribution in [2.24, 2.45) is 5.92 Å². The van der Waals surface area contributed by atoms with Crippen LogP contribution in [-0.4, -0.2) is 24.7 Å². The number of ether oxygens (including phenoxy) is 1. The summed E-state index contributed by atoms with van der Waals surface area (Å²) in [6.07, 6.45) is -3.29. The summed E-state index contributed by atoms with van der Waals surface area (Å²) in [6, 6.07) is -0.274. The lowest BCUT2D eigenvalue weighted by Gasteiger charge is -2.28. The van der Waals surface area contributed by atoms with Crippen LogP contribution in [0.1, 0.15) is 36.7 Å². The molecule has 3 nitrogen and oxygen atoms in total. The zero-order valence-corrected chi connectivity index (χ0v) is 12.2. The van der Waals surface area contributed by atoms with Crippen LogP contribution in [-0.2, 0) is 10.9 Å². The minimum atomic E-state index is -4.39. The Bertz CT molecular complexity index is 393. The van der Waals surface area contributed by atoms with Gasteiger partial charge in [-0.1, -0.05) is 20.8 Å². The van der Waals surface area contributed by atoms with E-state index in [0.717, 1.165) is 0 Å². The number of hydrogen-bond acceptors (Lipinski definition) is 4. The molecule has 0 aromatic carbocycles. The summed E-state index contributed by atoms with van der Waals surface area (Å²) in [5.74, 6) is 0.186. The predicted molar refractivity (Wildman–Crippen MR) is 69.2 cm³/mol. The quantitative estimate of drug-likeness (QED) is 0.872. The Morgan fingerprint density at radius 2 is 2.05 bits per heavy atom. The van der Waals surface area contributed by atoms with Crippen LogP contribution in [0.3, 0.4) is 0 Å². The number of methoxy groups -OCH3 is 1. The van der Waals surface area contributed by atoms with Crippen molar-refractivity contribution in [3.05, 3.63) is 16.1 Å². The van der Waals surface area contributed by atoms with Crippen molar-refractivity contribution in [2.45, 2.75) is 39.1 Å². The van der Waals surface area contributed by atoms with E-state index >= 15 is 0 Å². The van der Waals surface area contributed by atoms with E-state index < -0.39 is 11.2 Å². The number of likely N-dealkylation sites (N-methyl/N-ethyl adjacent to an activating group) is 1. The van der Waals surface area contributed by atoms with E-state index in [4.69, 9.17) is 4.74 Å². The smallest absolute Gasteiger partial charge is 0.379 e. The number of thiazole rings is 1. The van der Waals surface area contributed by atoms with Crippen molar-refractivity contribution < 1.29 is 17.9 Å². The molecule has 110 valence electrons. The molecular weight excluding hydrogens is 277 g/mol. The second-order valence-corrected chi connectivity index (χ2v) is 5.61. The van der Waals surface area contributed by atoms with Gasteiger partial charge in [0.1, 0.15) is 0 Å². The fraction of sp³-hybridized carbons (Fsp3) is 0.750. The maximum absolute atomic E-state index is 12.6. The highest BCUT2D eigenvalue weighted by atomic mass is 32.1. The molecule has 0 aliphatic carbocycles. The van der Waals surface area contributed by atoms with Crippen molar-refractivity contribution in [1.82, 2.24) is 10.3 Å². The first kappa shape index (κ1) is 16.4. The molecule has 2 unspecified atom stereocenters. The van der Waals surface area contributed by atoms with Crippen molar-refractivity contribution in [2.75, 3.05) is 13.7 Å². The van der Waals surface area contributed by atoms with E-state index in [1.165, 1.54) is 6.20 Å². The Labute approximate surface area is 115 Å². The van der Waals surface area contributed by atoms with Crippen LogP contribution >= 0.6 is 11.3 Å². The molecular formula is C12H19F3N2OS. The van der Waals surface area contributed by atoms with Gasteiger partial charge in [-0.25, -0.2) is 4.98 Å². The van der Waals surface area contributed by atoms with E-state index in [2.05, 4.69) is 10.3 Å². The van der Waals surface area contributed by atoms with Crippen molar-refractivity contribution in [3.8, 4) is 0 Å². The molecule has 7 heteroatoms. The van der Waals surface area contributed by atoms with E-state index in [9.17, 15) is 13.2 Å². The van der Waals surface area contributed by atoms with Gasteiger partial charge in [0.15, 0.2) is 5.01 Å². The molecule has 0 bridgehead atoms. The van der Waals surface area contributed by atoms with Gasteiger partial charge in [0.25, 0.3) is 0 Å². The monoisotopic (exact) mass is 296 g/mol. The molecule has 19 heavy (non-hydrogen) atoms. The van der Waals surface area contributed by atoms with Gasteiger partial charge in [0, 0.05) is 18.2 Å². The average molecular weight is 296 g/mol. The highest BCUT2D eigenvalue weighted by Gasteiger charge is 2.36. The number of nitrogens with one attached hydrogen (secondary N) is 1. The van der Waals surface area contributed by atoms with Crippen LogP contribution in [0.25, 0.3) is 0 Å². The zero-order valence-electron chi connectivity index (χ0n) is 11.4. The van der Waals surface area contributed by atoms with Gasteiger partial charge in [0.05, 0.1) is 12.1 Å². The van der Waals surface area contributed by atoms with E-state index in [0.29, 0.717) is 22.8 Å². The maximum atomic E-state index is 12.6. The first-order valence-corrected chi connectivity index (χ1v) is 6.92. The third-order valence-corrected chi connectivity index (χ3v) is 3.88. The number of halogens is 3. The van der Waals surface area contributed by atoms with Crippen LogP contribution in [0.2, 0.25) is 0 Å². The summed E-state index contributed by atoms with van der Waals surface area (Å²) < 4.78 is 43.2. The molecule has 0 amide bonds. The standard InChI is InChI=1S/C12H19F3N2OS/c1-5-16-9(10(18-4)7(2)3)8-6-17-11(19-8)12(13,14)15/h6-7,9-10,16H,5H2,1-4H3. The SMILES string of the molecule is CCNC(c1cnc(C(F)(F)F)s1)C(OC)C(C)C. The first-order chi connectivity index (χ1) is 8.81. The minimum Gasteiger partial charge on any atom is -0.379 e. The Kier molecular flexibility index (Phi) is 5.76. The summed E-state index contributed by atoms with van der Waals surface area (Å²) in [5.41, 5.74) is 0. The number of rotatable bonds is 6. The lowest BCUT2D eigenvalue weighted by atomic mass is 9.98. The van der Waals surface area contributed by atoms with Gasteiger partial charge >= 0.3 is 6.18 Å².